The second-order valence-electron chi connectivity index (χ2n) is 12.6. The summed E-state index contributed by atoms with van der Waals surface area (Å²) in [6, 6.07) is 13.4. The van der Waals surface area contributed by atoms with Crippen LogP contribution in [-0.2, 0) is 5.41 Å². The number of rotatable bonds is 3. The quantitative estimate of drug-likeness (QED) is 0.252. The minimum atomic E-state index is -1.74. The molecule has 0 heterocycles. The summed E-state index contributed by atoms with van der Waals surface area (Å²) < 4.78 is 5.88. The van der Waals surface area contributed by atoms with Crippen molar-refractivity contribution >= 4 is 34.6 Å². The van der Waals surface area contributed by atoms with Gasteiger partial charge in [0.05, 0.1) is 15.2 Å². The number of aryl methyl sites for hydroxylation is 1. The van der Waals surface area contributed by atoms with Gasteiger partial charge >= 0.3 is 36.9 Å². The summed E-state index contributed by atoms with van der Waals surface area (Å²) in [5.41, 5.74) is 2.72. The molecule has 5 heteroatoms. The fraction of sp³-hybridized carbons (Fsp3) is 0.519. The molecule has 0 spiro atoms. The second kappa shape index (κ2) is 13.4. The molecule has 0 aliphatic carbocycles. The largest absolute Gasteiger partial charge is 3.00 e. The summed E-state index contributed by atoms with van der Waals surface area (Å²) in [6.45, 7) is 34.9. The van der Waals surface area contributed by atoms with Gasteiger partial charge in [-0.05, 0) is 23.1 Å². The van der Waals surface area contributed by atoms with Gasteiger partial charge in [-0.2, -0.15) is 17.3 Å². The third kappa shape index (κ3) is 13.8. The normalized spacial score (nSPS) is 12.0. The van der Waals surface area contributed by atoms with Crippen LogP contribution in [0.3, 0.4) is 0 Å². The van der Waals surface area contributed by atoms with E-state index in [-0.39, 0.29) is 42.3 Å². The molecule has 190 valence electrons. The monoisotopic (exact) mass is 648 g/mol. The predicted molar refractivity (Wildman–Crippen MR) is 153 cm³/mol. The molecule has 0 saturated heterocycles. The van der Waals surface area contributed by atoms with Gasteiger partial charge in [-0.1, -0.05) is 90.8 Å². The van der Waals surface area contributed by atoms with Crippen molar-refractivity contribution in [2.45, 2.75) is 85.5 Å². The third-order valence-electron chi connectivity index (χ3n) is 4.30. The van der Waals surface area contributed by atoms with Crippen molar-refractivity contribution in [1.29, 1.82) is 0 Å². The van der Waals surface area contributed by atoms with Crippen LogP contribution in [0, 0.1) is 56.9 Å². The van der Waals surface area contributed by atoms with Crippen LogP contribution in [0.5, 0.6) is 5.75 Å². The van der Waals surface area contributed by atoms with E-state index in [9.17, 15) is 0 Å². The number of benzene rings is 1. The number of hydrogen-bond donors (Lipinski definition) is 0. The van der Waals surface area contributed by atoms with Gasteiger partial charge in [-0.25, -0.2) is 12.1 Å². The molecule has 0 aromatic heterocycles. The smallest absolute Gasteiger partial charge is 0.497 e. The average Bonchev–Trinajstić information content (AvgIpc) is 3.05. The maximum absolute atomic E-state index is 5.88. The van der Waals surface area contributed by atoms with Gasteiger partial charge in [0.15, 0.2) is 0 Å². The zero-order valence-corrected chi connectivity index (χ0v) is 27.7. The Morgan fingerprint density at radius 1 is 0.812 bits per heavy atom. The molecule has 0 bridgehead atoms. The molecule has 2 aromatic rings. The third-order valence-corrected chi connectivity index (χ3v) is 7.80. The first-order valence-corrected chi connectivity index (χ1v) is 21.7. The Morgan fingerprint density at radius 3 is 1.50 bits per heavy atom. The van der Waals surface area contributed by atoms with Crippen LogP contribution in [0.2, 0.25) is 52.4 Å². The van der Waals surface area contributed by atoms with E-state index in [1.807, 2.05) is 0 Å². The van der Waals surface area contributed by atoms with E-state index in [0.717, 1.165) is 5.75 Å². The minimum Gasteiger partial charge on any atom is -0.497 e. The van der Waals surface area contributed by atoms with Crippen LogP contribution >= 0.6 is 0 Å². The Bertz CT molecular complexity index is 766. The fourth-order valence-electron chi connectivity index (χ4n) is 2.96. The van der Waals surface area contributed by atoms with Crippen LogP contribution in [0.15, 0.2) is 36.4 Å². The maximum Gasteiger partial charge on any atom is 3.00 e. The zero-order chi connectivity index (χ0) is 24.8. The maximum atomic E-state index is 5.88. The summed E-state index contributed by atoms with van der Waals surface area (Å²) in [5.74, 6) is 1.09. The molecule has 0 radical (unpaired) electrons. The van der Waals surface area contributed by atoms with Gasteiger partial charge in [0.2, 0.25) is 0 Å². The predicted octanol–water partition coefficient (Wildman–Crippen LogP) is 7.24. The van der Waals surface area contributed by atoms with Crippen molar-refractivity contribution in [3.05, 3.63) is 60.6 Å². The van der Waals surface area contributed by atoms with E-state index in [4.69, 9.17) is 4.74 Å². The van der Waals surface area contributed by atoms with Gasteiger partial charge in [0.25, 0.3) is 0 Å². The zero-order valence-electron chi connectivity index (χ0n) is 23.0. The first-order valence-electron chi connectivity index (χ1n) is 11.3. The molecule has 0 aliphatic heterocycles. The molecule has 0 atom stereocenters. The van der Waals surface area contributed by atoms with Gasteiger partial charge < -0.3 is 17.8 Å². The summed E-state index contributed by atoms with van der Waals surface area (Å²) in [7, 11) is -1.65. The van der Waals surface area contributed by atoms with Gasteiger partial charge in [-0.15, -0.1) is 16.1 Å². The minimum absolute atomic E-state index is 0. The van der Waals surface area contributed by atoms with E-state index < -0.39 is 24.2 Å². The molecule has 32 heavy (non-hydrogen) atoms. The number of methoxy groups -OCH3 is 1. The second-order valence-corrected chi connectivity index (χ2v) is 27.2. The Labute approximate surface area is 233 Å². The van der Waals surface area contributed by atoms with Crippen molar-refractivity contribution in [1.82, 2.24) is 0 Å². The van der Waals surface area contributed by atoms with Crippen molar-refractivity contribution in [2.75, 3.05) is 7.11 Å². The Kier molecular flexibility index (Phi) is 14.4. The van der Waals surface area contributed by atoms with E-state index in [2.05, 4.69) is 130 Å². The van der Waals surface area contributed by atoms with Crippen molar-refractivity contribution in [2.24, 2.45) is 0 Å². The molecule has 0 aliphatic rings. The van der Waals surface area contributed by atoms with Crippen molar-refractivity contribution in [3.63, 3.8) is 0 Å². The molecule has 0 unspecified atom stereocenters. The summed E-state index contributed by atoms with van der Waals surface area (Å²) in [5, 5.41) is 2.87. The van der Waals surface area contributed by atoms with E-state index in [0.29, 0.717) is 0 Å². The molecule has 0 amide bonds. The van der Waals surface area contributed by atoms with E-state index in [1.165, 1.54) is 21.5 Å². The van der Waals surface area contributed by atoms with Crippen molar-refractivity contribution < 1.29 is 41.6 Å². The molecule has 0 N–H and O–H groups in total. The first kappa shape index (κ1) is 34.4. The summed E-state index contributed by atoms with van der Waals surface area (Å²) >= 11 is 0. The molecular formula is C27H49LuOSi3. The van der Waals surface area contributed by atoms with Crippen LogP contribution < -0.4 is 15.1 Å². The Hall–Kier alpha value is 0.254. The first-order chi connectivity index (χ1) is 13.7. The van der Waals surface area contributed by atoms with Crippen LogP contribution in [-0.4, -0.2) is 31.3 Å². The SMILES string of the molecule is COc1c(C(C)(C)C)cc(C)cc1[Si](C)(C)[c-]1cccc1.[CH2-][Si](C)(C)C.[CH2-][Si](C)(C)C.[Lu+3]. The number of hydrogen-bond acceptors (Lipinski definition) is 1. The molecular weight excluding hydrogens is 600 g/mol. The molecule has 0 saturated carbocycles. The Balaban J connectivity index is 0. The standard InChI is InChI=1S/C19H27OSi.2C4H11Si.Lu/c1-14-12-16(19(2,3)4)18(20-5)17(13-14)21(6,7)15-10-8-9-11-15;2*1-5(2,3)4;/h8-13H,1-7H3;2*1H2,2-4H3;/q3*-1;+3. The number of ether oxygens (including phenoxy) is 1. The molecule has 2 aromatic carbocycles. The van der Waals surface area contributed by atoms with Crippen LogP contribution in [0.25, 0.3) is 0 Å². The summed E-state index contributed by atoms with van der Waals surface area (Å²) in [6.07, 6.45) is 0. The fourth-order valence-corrected chi connectivity index (χ4v) is 5.69. The van der Waals surface area contributed by atoms with Gasteiger partial charge in [0, 0.05) is 0 Å². The van der Waals surface area contributed by atoms with Gasteiger partial charge in [-0.3, -0.25) is 0 Å². The average molecular weight is 649 g/mol. The molecule has 0 fully saturated rings. The van der Waals surface area contributed by atoms with Crippen molar-refractivity contribution in [3.8, 4) is 5.75 Å². The van der Waals surface area contributed by atoms with E-state index in [1.54, 1.807) is 7.11 Å². The van der Waals surface area contributed by atoms with Crippen LogP contribution in [0.4, 0.5) is 0 Å². The summed E-state index contributed by atoms with van der Waals surface area (Å²) in [4.78, 5) is 0. The molecule has 1 nitrogen and oxygen atoms in total. The molecule has 2 rings (SSSR count). The van der Waals surface area contributed by atoms with E-state index >= 15 is 0 Å². The Morgan fingerprint density at radius 2 is 1.19 bits per heavy atom. The topological polar surface area (TPSA) is 9.23 Å². The van der Waals surface area contributed by atoms with Crippen LogP contribution in [0.1, 0.15) is 31.9 Å². The van der Waals surface area contributed by atoms with Gasteiger partial charge in [0.1, 0.15) is 5.75 Å².